The summed E-state index contributed by atoms with van der Waals surface area (Å²) >= 11 is 0. The Morgan fingerprint density at radius 3 is 2.50 bits per heavy atom. The molecule has 30 heavy (non-hydrogen) atoms. The van der Waals surface area contributed by atoms with Crippen molar-refractivity contribution in [2.45, 2.75) is 52.0 Å². The van der Waals surface area contributed by atoms with Gasteiger partial charge in [0.15, 0.2) is 11.6 Å². The van der Waals surface area contributed by atoms with Crippen molar-refractivity contribution in [3.05, 3.63) is 48.2 Å². The van der Waals surface area contributed by atoms with Gasteiger partial charge in [-0.25, -0.2) is 9.78 Å². The zero-order chi connectivity index (χ0) is 21.3. The number of urea groups is 1. The van der Waals surface area contributed by atoms with Crippen LogP contribution in [0.2, 0.25) is 0 Å². The number of amides is 3. The highest BCUT2D eigenvalue weighted by molar-refractivity contribution is 6.04. The largest absolute Gasteiger partial charge is 0.489 e. The first-order valence-electron chi connectivity index (χ1n) is 10.6. The number of carbonyl (C=O) groups excluding carboxylic acids is 2. The van der Waals surface area contributed by atoms with Gasteiger partial charge in [0.2, 0.25) is 0 Å². The van der Waals surface area contributed by atoms with E-state index in [0.717, 1.165) is 0 Å². The third-order valence-corrected chi connectivity index (χ3v) is 5.03. The van der Waals surface area contributed by atoms with Crippen LogP contribution in [0.1, 0.15) is 56.3 Å². The lowest BCUT2D eigenvalue weighted by atomic mass is 9.90. The molecule has 0 atom stereocenters. The van der Waals surface area contributed by atoms with E-state index in [1.165, 1.54) is 32.1 Å². The number of rotatable bonds is 7. The van der Waals surface area contributed by atoms with E-state index in [-0.39, 0.29) is 18.0 Å². The lowest BCUT2D eigenvalue weighted by Crippen LogP contribution is -2.34. The maximum Gasteiger partial charge on any atom is 0.319 e. The molecule has 0 spiro atoms. The summed E-state index contributed by atoms with van der Waals surface area (Å²) in [4.78, 5) is 28.7. The zero-order valence-electron chi connectivity index (χ0n) is 17.6. The van der Waals surface area contributed by atoms with E-state index >= 15 is 0 Å². The zero-order valence-corrected chi connectivity index (χ0v) is 17.6. The SMILES string of the molecule is CC(C)NC(=O)Nc1ccc(C(=O)Nc2ncccc2OCC2CCCCC2)cc1. The summed E-state index contributed by atoms with van der Waals surface area (Å²) in [7, 11) is 0. The molecule has 0 radical (unpaired) electrons. The van der Waals surface area contributed by atoms with Gasteiger partial charge < -0.3 is 20.7 Å². The van der Waals surface area contributed by atoms with Gasteiger partial charge in [0.05, 0.1) is 6.61 Å². The van der Waals surface area contributed by atoms with Crippen LogP contribution in [0.4, 0.5) is 16.3 Å². The van der Waals surface area contributed by atoms with E-state index in [1.807, 2.05) is 19.9 Å². The molecule has 1 saturated carbocycles. The maximum atomic E-state index is 12.6. The van der Waals surface area contributed by atoms with Crippen molar-refractivity contribution in [2.24, 2.45) is 5.92 Å². The molecule has 7 nitrogen and oxygen atoms in total. The number of ether oxygens (including phenoxy) is 1. The minimum Gasteiger partial charge on any atom is -0.489 e. The van der Waals surface area contributed by atoms with Crippen molar-refractivity contribution in [1.29, 1.82) is 0 Å². The smallest absolute Gasteiger partial charge is 0.319 e. The molecule has 1 aliphatic rings. The summed E-state index contributed by atoms with van der Waals surface area (Å²) < 4.78 is 5.98. The molecule has 0 aliphatic heterocycles. The summed E-state index contributed by atoms with van der Waals surface area (Å²) in [5.41, 5.74) is 1.08. The van der Waals surface area contributed by atoms with Gasteiger partial charge in [-0.15, -0.1) is 0 Å². The molecule has 3 N–H and O–H groups in total. The summed E-state index contributed by atoms with van der Waals surface area (Å²) in [5.74, 6) is 1.28. The van der Waals surface area contributed by atoms with Crippen LogP contribution in [0.15, 0.2) is 42.6 Å². The average Bonchev–Trinajstić information content (AvgIpc) is 2.73. The van der Waals surface area contributed by atoms with E-state index in [9.17, 15) is 9.59 Å². The Bertz CT molecular complexity index is 846. The Balaban J connectivity index is 1.58. The van der Waals surface area contributed by atoms with Gasteiger partial charge in [-0.2, -0.15) is 0 Å². The van der Waals surface area contributed by atoms with E-state index in [0.29, 0.717) is 35.3 Å². The molecule has 1 aromatic heterocycles. The quantitative estimate of drug-likeness (QED) is 0.610. The molecule has 3 rings (SSSR count). The molecule has 0 saturated heterocycles. The normalized spacial score (nSPS) is 14.2. The number of nitrogens with zero attached hydrogens (tertiary/aromatic N) is 1. The summed E-state index contributed by atoms with van der Waals surface area (Å²) in [6.07, 6.45) is 7.84. The van der Waals surface area contributed by atoms with Crippen LogP contribution >= 0.6 is 0 Å². The highest BCUT2D eigenvalue weighted by Crippen LogP contribution is 2.27. The maximum absolute atomic E-state index is 12.6. The van der Waals surface area contributed by atoms with Crippen LogP contribution in [0.3, 0.4) is 0 Å². The Hall–Kier alpha value is -3.09. The molecular formula is C23H30N4O3. The standard InChI is InChI=1S/C23H30N4O3/c1-16(2)25-23(29)26-19-12-10-18(11-13-19)22(28)27-21-20(9-6-14-24-21)30-15-17-7-4-3-5-8-17/h6,9-14,16-17H,3-5,7-8,15H2,1-2H3,(H,24,27,28)(H2,25,26,29). The lowest BCUT2D eigenvalue weighted by Gasteiger charge is -2.22. The van der Waals surface area contributed by atoms with Gasteiger partial charge in [-0.1, -0.05) is 19.3 Å². The fourth-order valence-electron chi connectivity index (χ4n) is 3.48. The van der Waals surface area contributed by atoms with Crippen molar-refractivity contribution in [3.63, 3.8) is 0 Å². The third-order valence-electron chi connectivity index (χ3n) is 5.03. The summed E-state index contributed by atoms with van der Waals surface area (Å²) in [5, 5.41) is 8.31. The van der Waals surface area contributed by atoms with Crippen LogP contribution in [-0.4, -0.2) is 29.6 Å². The first-order chi connectivity index (χ1) is 14.5. The number of anilines is 2. The highest BCUT2D eigenvalue weighted by atomic mass is 16.5. The van der Waals surface area contributed by atoms with Crippen molar-refractivity contribution in [2.75, 3.05) is 17.2 Å². The van der Waals surface area contributed by atoms with Gasteiger partial charge >= 0.3 is 6.03 Å². The molecule has 1 heterocycles. The number of carbonyl (C=O) groups is 2. The number of pyridine rings is 1. The van der Waals surface area contributed by atoms with Crippen LogP contribution in [0.25, 0.3) is 0 Å². The van der Waals surface area contributed by atoms with Crippen molar-refractivity contribution < 1.29 is 14.3 Å². The van der Waals surface area contributed by atoms with Crippen molar-refractivity contribution in [3.8, 4) is 5.75 Å². The lowest BCUT2D eigenvalue weighted by molar-refractivity contribution is 0.102. The molecule has 7 heteroatoms. The molecule has 0 bridgehead atoms. The summed E-state index contributed by atoms with van der Waals surface area (Å²) in [6, 6.07) is 10.1. The number of benzene rings is 1. The third kappa shape index (κ3) is 6.47. The molecule has 160 valence electrons. The highest BCUT2D eigenvalue weighted by Gasteiger charge is 2.16. The van der Waals surface area contributed by atoms with Crippen LogP contribution in [0, 0.1) is 5.92 Å². The van der Waals surface area contributed by atoms with E-state index < -0.39 is 0 Å². The molecule has 0 unspecified atom stereocenters. The minimum atomic E-state index is -0.283. The monoisotopic (exact) mass is 410 g/mol. The fraction of sp³-hybridized carbons (Fsp3) is 0.435. The predicted molar refractivity (Wildman–Crippen MR) is 118 cm³/mol. The molecule has 3 amide bonds. The minimum absolute atomic E-state index is 0.0444. The van der Waals surface area contributed by atoms with Crippen LogP contribution in [-0.2, 0) is 0 Å². The Labute approximate surface area is 177 Å². The Morgan fingerprint density at radius 1 is 1.07 bits per heavy atom. The van der Waals surface area contributed by atoms with Gasteiger partial charge in [0.1, 0.15) is 0 Å². The van der Waals surface area contributed by atoms with E-state index in [2.05, 4.69) is 20.9 Å². The number of hydrogen-bond donors (Lipinski definition) is 3. The molecular weight excluding hydrogens is 380 g/mol. The summed E-state index contributed by atoms with van der Waals surface area (Å²) in [6.45, 7) is 4.42. The van der Waals surface area contributed by atoms with Crippen LogP contribution < -0.4 is 20.7 Å². The topological polar surface area (TPSA) is 92.4 Å². The number of aromatic nitrogens is 1. The van der Waals surface area contributed by atoms with Gasteiger partial charge in [-0.05, 0) is 69.0 Å². The number of hydrogen-bond acceptors (Lipinski definition) is 4. The second-order valence-corrected chi connectivity index (χ2v) is 7.95. The molecule has 1 aromatic carbocycles. The van der Waals surface area contributed by atoms with E-state index in [4.69, 9.17) is 4.74 Å². The Kier molecular flexibility index (Phi) is 7.65. The average molecular weight is 411 g/mol. The first-order valence-corrected chi connectivity index (χ1v) is 10.6. The van der Waals surface area contributed by atoms with Gasteiger partial charge in [0, 0.05) is 23.5 Å². The second-order valence-electron chi connectivity index (χ2n) is 7.95. The first kappa shape index (κ1) is 21.6. The second kappa shape index (κ2) is 10.6. The fourth-order valence-corrected chi connectivity index (χ4v) is 3.48. The Morgan fingerprint density at radius 2 is 1.80 bits per heavy atom. The predicted octanol–water partition coefficient (Wildman–Crippen LogP) is 4.82. The molecule has 2 aromatic rings. The van der Waals surface area contributed by atoms with E-state index in [1.54, 1.807) is 36.5 Å². The number of nitrogens with one attached hydrogen (secondary N) is 3. The van der Waals surface area contributed by atoms with Gasteiger partial charge in [-0.3, -0.25) is 4.79 Å². The van der Waals surface area contributed by atoms with Crippen molar-refractivity contribution in [1.82, 2.24) is 10.3 Å². The van der Waals surface area contributed by atoms with Crippen molar-refractivity contribution >= 4 is 23.4 Å². The molecule has 1 fully saturated rings. The van der Waals surface area contributed by atoms with Crippen LogP contribution in [0.5, 0.6) is 5.75 Å². The van der Waals surface area contributed by atoms with Gasteiger partial charge in [0.25, 0.3) is 5.91 Å². The molecule has 1 aliphatic carbocycles.